The summed E-state index contributed by atoms with van der Waals surface area (Å²) in [4.78, 5) is 50.6. The number of carbonyl (C=O) groups is 4. The van der Waals surface area contributed by atoms with Gasteiger partial charge in [-0.1, -0.05) is 12.1 Å². The van der Waals surface area contributed by atoms with E-state index in [2.05, 4.69) is 16.0 Å². The molecule has 3 fully saturated rings. The zero-order valence-electron chi connectivity index (χ0n) is 16.1. The molecule has 3 heterocycles. The summed E-state index contributed by atoms with van der Waals surface area (Å²) in [6, 6.07) is 4.32. The molecule has 0 bridgehead atoms. The van der Waals surface area contributed by atoms with Crippen LogP contribution < -0.4 is 16.0 Å². The minimum absolute atomic E-state index is 0.120. The molecule has 1 aromatic rings. The van der Waals surface area contributed by atoms with Crippen LogP contribution in [0, 0.1) is 5.92 Å². The van der Waals surface area contributed by atoms with Gasteiger partial charge in [-0.25, -0.2) is 0 Å². The number of carbonyl (C=O) groups excluding carboxylic acids is 4. The largest absolute Gasteiger partial charge is 0.312 e. The highest BCUT2D eigenvalue weighted by atomic mass is 16.2. The van der Waals surface area contributed by atoms with E-state index >= 15 is 0 Å². The molecule has 1 aliphatic carbocycles. The number of rotatable bonds is 5. The molecular formula is C21H24N4O4. The van der Waals surface area contributed by atoms with Gasteiger partial charge in [0.05, 0.1) is 11.1 Å². The molecule has 2 saturated heterocycles. The van der Waals surface area contributed by atoms with Crippen LogP contribution >= 0.6 is 0 Å². The minimum Gasteiger partial charge on any atom is -0.312 e. The smallest absolute Gasteiger partial charge is 0.262 e. The Hall–Kier alpha value is -2.58. The molecule has 4 amide bonds. The molecular weight excluding hydrogens is 372 g/mol. The standard InChI is InChI=1S/C21H24N4O4/c26-16-5-4-15(18(27)24-16)25-19(28)14-3-1-2-12(17(14)20(25)29)10-22-11-13-6-9-23-21(13)7-8-21/h1-3,13,15,22-23H,4-11H2,(H,24,26,27). The van der Waals surface area contributed by atoms with Crippen LogP contribution in [0.4, 0.5) is 0 Å². The van der Waals surface area contributed by atoms with E-state index in [0.29, 0.717) is 29.1 Å². The second kappa shape index (κ2) is 6.74. The van der Waals surface area contributed by atoms with Gasteiger partial charge in [-0.15, -0.1) is 0 Å². The normalized spacial score (nSPS) is 27.5. The van der Waals surface area contributed by atoms with Crippen LogP contribution in [0.5, 0.6) is 0 Å². The molecule has 8 nitrogen and oxygen atoms in total. The van der Waals surface area contributed by atoms with Crippen molar-refractivity contribution in [3.63, 3.8) is 0 Å². The van der Waals surface area contributed by atoms with E-state index in [4.69, 9.17) is 0 Å². The molecule has 8 heteroatoms. The average molecular weight is 396 g/mol. The van der Waals surface area contributed by atoms with Crippen LogP contribution in [0.1, 0.15) is 58.4 Å². The maximum Gasteiger partial charge on any atom is 0.262 e. The summed E-state index contributed by atoms with van der Waals surface area (Å²) in [5.41, 5.74) is 1.80. The van der Waals surface area contributed by atoms with Crippen molar-refractivity contribution in [3.05, 3.63) is 34.9 Å². The van der Waals surface area contributed by atoms with E-state index < -0.39 is 23.8 Å². The van der Waals surface area contributed by atoms with Crippen LogP contribution in [0.15, 0.2) is 18.2 Å². The van der Waals surface area contributed by atoms with Crippen molar-refractivity contribution >= 4 is 23.6 Å². The van der Waals surface area contributed by atoms with Crippen molar-refractivity contribution in [2.24, 2.45) is 5.92 Å². The Labute approximate surface area is 168 Å². The lowest BCUT2D eigenvalue weighted by atomic mass is 9.98. The van der Waals surface area contributed by atoms with E-state index in [-0.39, 0.29) is 18.7 Å². The molecule has 4 aliphatic rings. The number of nitrogens with zero attached hydrogens (tertiary/aromatic N) is 1. The summed E-state index contributed by atoms with van der Waals surface area (Å²) in [7, 11) is 0. The van der Waals surface area contributed by atoms with Crippen LogP contribution in [0.3, 0.4) is 0 Å². The van der Waals surface area contributed by atoms with E-state index in [1.165, 1.54) is 12.8 Å². The molecule has 1 saturated carbocycles. The molecule has 5 rings (SSSR count). The lowest BCUT2D eigenvalue weighted by Crippen LogP contribution is -2.54. The lowest BCUT2D eigenvalue weighted by molar-refractivity contribution is -0.136. The number of fused-ring (bicyclic) bond motifs is 1. The van der Waals surface area contributed by atoms with Crippen LogP contribution in [-0.2, 0) is 16.1 Å². The van der Waals surface area contributed by atoms with E-state index in [1.807, 2.05) is 6.07 Å². The van der Waals surface area contributed by atoms with Gasteiger partial charge in [0.1, 0.15) is 6.04 Å². The Balaban J connectivity index is 1.32. The molecule has 1 aromatic carbocycles. The van der Waals surface area contributed by atoms with Crippen molar-refractivity contribution in [2.75, 3.05) is 13.1 Å². The molecule has 29 heavy (non-hydrogen) atoms. The molecule has 0 aromatic heterocycles. The third-order valence-corrected chi connectivity index (χ3v) is 6.80. The number of imide groups is 2. The zero-order valence-corrected chi connectivity index (χ0v) is 16.1. The maximum atomic E-state index is 13.1. The first-order valence-corrected chi connectivity index (χ1v) is 10.3. The van der Waals surface area contributed by atoms with Crippen molar-refractivity contribution in [2.45, 2.75) is 50.2 Å². The van der Waals surface area contributed by atoms with E-state index in [9.17, 15) is 19.2 Å². The number of benzene rings is 1. The maximum absolute atomic E-state index is 13.1. The molecule has 1 spiro atoms. The van der Waals surface area contributed by atoms with Crippen molar-refractivity contribution in [1.82, 2.24) is 20.9 Å². The summed E-state index contributed by atoms with van der Waals surface area (Å²) in [6.07, 6.45) is 3.90. The molecule has 0 radical (unpaired) electrons. The summed E-state index contributed by atoms with van der Waals surface area (Å²) in [5.74, 6) is -1.27. The first-order valence-electron chi connectivity index (χ1n) is 10.3. The number of nitrogens with one attached hydrogen (secondary N) is 3. The molecule has 152 valence electrons. The van der Waals surface area contributed by atoms with Gasteiger partial charge in [0.25, 0.3) is 11.8 Å². The fourth-order valence-electron chi connectivity index (χ4n) is 5.05. The predicted octanol–water partition coefficient (Wildman–Crippen LogP) is 0.320. The second-order valence-electron chi connectivity index (χ2n) is 8.49. The summed E-state index contributed by atoms with van der Waals surface area (Å²) >= 11 is 0. The van der Waals surface area contributed by atoms with Gasteiger partial charge in [0, 0.05) is 25.0 Å². The number of piperidine rings is 1. The number of hydrogen-bond acceptors (Lipinski definition) is 6. The Morgan fingerprint density at radius 1 is 1.10 bits per heavy atom. The van der Waals surface area contributed by atoms with Gasteiger partial charge in [-0.05, 0) is 49.8 Å². The van der Waals surface area contributed by atoms with Gasteiger partial charge in [0.15, 0.2) is 0 Å². The fraction of sp³-hybridized carbons (Fsp3) is 0.524. The second-order valence-corrected chi connectivity index (χ2v) is 8.49. The molecule has 3 aliphatic heterocycles. The van der Waals surface area contributed by atoms with Gasteiger partial charge in [-0.3, -0.25) is 29.4 Å². The van der Waals surface area contributed by atoms with Crippen molar-refractivity contribution in [1.29, 1.82) is 0 Å². The van der Waals surface area contributed by atoms with Gasteiger partial charge in [0.2, 0.25) is 11.8 Å². The first-order chi connectivity index (χ1) is 14.0. The fourth-order valence-corrected chi connectivity index (χ4v) is 5.05. The topological polar surface area (TPSA) is 108 Å². The molecule has 3 N–H and O–H groups in total. The summed E-state index contributed by atoms with van der Waals surface area (Å²) in [5, 5.41) is 9.30. The van der Waals surface area contributed by atoms with Crippen molar-refractivity contribution in [3.8, 4) is 0 Å². The summed E-state index contributed by atoms with van der Waals surface area (Å²) < 4.78 is 0. The van der Waals surface area contributed by atoms with E-state index in [0.717, 1.165) is 30.0 Å². The Morgan fingerprint density at radius 2 is 1.93 bits per heavy atom. The highest BCUT2D eigenvalue weighted by molar-refractivity contribution is 6.24. The molecule has 2 unspecified atom stereocenters. The van der Waals surface area contributed by atoms with Gasteiger partial charge >= 0.3 is 0 Å². The van der Waals surface area contributed by atoms with Gasteiger partial charge < -0.3 is 10.6 Å². The third-order valence-electron chi connectivity index (χ3n) is 6.80. The van der Waals surface area contributed by atoms with Gasteiger partial charge in [-0.2, -0.15) is 0 Å². The first kappa shape index (κ1) is 18.4. The predicted molar refractivity (Wildman–Crippen MR) is 103 cm³/mol. The van der Waals surface area contributed by atoms with Crippen molar-refractivity contribution < 1.29 is 19.2 Å². The van der Waals surface area contributed by atoms with E-state index in [1.54, 1.807) is 12.1 Å². The van der Waals surface area contributed by atoms with Crippen LogP contribution in [0.2, 0.25) is 0 Å². The minimum atomic E-state index is -0.930. The monoisotopic (exact) mass is 396 g/mol. The highest BCUT2D eigenvalue weighted by Crippen LogP contribution is 2.46. The van der Waals surface area contributed by atoms with Crippen LogP contribution in [0.25, 0.3) is 0 Å². The number of amides is 4. The quantitative estimate of drug-likeness (QED) is 0.619. The average Bonchev–Trinajstić information content (AvgIpc) is 3.30. The Morgan fingerprint density at radius 3 is 2.69 bits per heavy atom. The SMILES string of the molecule is O=C1CCC(N2C(=O)c3cccc(CNCC4CCNC45CC5)c3C2=O)C(=O)N1. The van der Waals surface area contributed by atoms with Crippen LogP contribution in [-0.4, -0.2) is 53.2 Å². The zero-order chi connectivity index (χ0) is 20.2. The third kappa shape index (κ3) is 2.98. The lowest BCUT2D eigenvalue weighted by Gasteiger charge is -2.27. The Kier molecular flexibility index (Phi) is 4.29. The highest BCUT2D eigenvalue weighted by Gasteiger charge is 2.51. The molecule has 2 atom stereocenters. The summed E-state index contributed by atoms with van der Waals surface area (Å²) in [6.45, 7) is 2.43. The Bertz CT molecular complexity index is 923. The number of hydrogen-bond donors (Lipinski definition) is 3.